The molecule has 1 aliphatic heterocycles. The van der Waals surface area contributed by atoms with Crippen LogP contribution in [0.5, 0.6) is 0 Å². The van der Waals surface area contributed by atoms with Crippen molar-refractivity contribution in [3.63, 3.8) is 0 Å². The van der Waals surface area contributed by atoms with Crippen LogP contribution in [0, 0.1) is 5.92 Å². The van der Waals surface area contributed by atoms with Crippen LogP contribution in [0.1, 0.15) is 26.7 Å². The standard InChI is InChI=1S/C11H23NO2/c1-10(2)8-14-9-11(13)7-12-5-3-4-6-12/h10-11,13H,3-9H2,1-2H3/t11-/m0/s1. The van der Waals surface area contributed by atoms with E-state index in [0.717, 1.165) is 26.2 Å². The largest absolute Gasteiger partial charge is 0.389 e. The van der Waals surface area contributed by atoms with Crippen LogP contribution in [0.3, 0.4) is 0 Å². The van der Waals surface area contributed by atoms with Gasteiger partial charge < -0.3 is 14.7 Å². The molecule has 1 heterocycles. The van der Waals surface area contributed by atoms with Gasteiger partial charge in [0.2, 0.25) is 0 Å². The van der Waals surface area contributed by atoms with E-state index in [-0.39, 0.29) is 6.10 Å². The molecule has 0 radical (unpaired) electrons. The van der Waals surface area contributed by atoms with Gasteiger partial charge in [-0.25, -0.2) is 0 Å². The van der Waals surface area contributed by atoms with Crippen molar-refractivity contribution in [2.75, 3.05) is 32.8 Å². The summed E-state index contributed by atoms with van der Waals surface area (Å²) >= 11 is 0. The summed E-state index contributed by atoms with van der Waals surface area (Å²) in [5, 5.41) is 9.66. The lowest BCUT2D eigenvalue weighted by atomic mass is 10.2. The van der Waals surface area contributed by atoms with E-state index in [2.05, 4.69) is 18.7 Å². The molecule has 1 fully saturated rings. The summed E-state index contributed by atoms with van der Waals surface area (Å²) in [5.74, 6) is 0.550. The summed E-state index contributed by atoms with van der Waals surface area (Å²) in [6, 6.07) is 0. The Morgan fingerprint density at radius 2 is 1.86 bits per heavy atom. The van der Waals surface area contributed by atoms with Crippen LogP contribution in [0.4, 0.5) is 0 Å². The fourth-order valence-corrected chi connectivity index (χ4v) is 1.76. The molecule has 1 rings (SSSR count). The monoisotopic (exact) mass is 201 g/mol. The molecule has 3 nitrogen and oxygen atoms in total. The van der Waals surface area contributed by atoms with Crippen LogP contribution >= 0.6 is 0 Å². The van der Waals surface area contributed by atoms with Gasteiger partial charge in [0.1, 0.15) is 0 Å². The molecule has 0 spiro atoms. The molecule has 1 aliphatic rings. The van der Waals surface area contributed by atoms with Gasteiger partial charge in [0.15, 0.2) is 0 Å². The molecule has 0 aromatic carbocycles. The molecule has 3 heteroatoms. The Morgan fingerprint density at radius 3 is 2.43 bits per heavy atom. The Morgan fingerprint density at radius 1 is 1.21 bits per heavy atom. The zero-order valence-corrected chi connectivity index (χ0v) is 9.41. The second-order valence-electron chi connectivity index (χ2n) is 4.59. The minimum Gasteiger partial charge on any atom is -0.389 e. The van der Waals surface area contributed by atoms with Gasteiger partial charge in [0, 0.05) is 13.2 Å². The van der Waals surface area contributed by atoms with Crippen molar-refractivity contribution < 1.29 is 9.84 Å². The molecule has 1 saturated heterocycles. The first-order valence-corrected chi connectivity index (χ1v) is 5.66. The molecule has 0 unspecified atom stereocenters. The van der Waals surface area contributed by atoms with E-state index in [0.29, 0.717) is 12.5 Å². The van der Waals surface area contributed by atoms with E-state index in [1.54, 1.807) is 0 Å². The molecule has 1 N–H and O–H groups in total. The molecule has 0 aromatic rings. The van der Waals surface area contributed by atoms with E-state index in [1.807, 2.05) is 0 Å². The van der Waals surface area contributed by atoms with Crippen molar-refractivity contribution >= 4 is 0 Å². The Bertz CT molecular complexity index is 144. The van der Waals surface area contributed by atoms with Gasteiger partial charge in [-0.3, -0.25) is 0 Å². The van der Waals surface area contributed by atoms with E-state index in [4.69, 9.17) is 4.74 Å². The van der Waals surface area contributed by atoms with Crippen molar-refractivity contribution in [1.29, 1.82) is 0 Å². The van der Waals surface area contributed by atoms with Crippen molar-refractivity contribution in [2.24, 2.45) is 5.92 Å². The normalized spacial score (nSPS) is 20.6. The number of nitrogens with zero attached hydrogens (tertiary/aromatic N) is 1. The van der Waals surface area contributed by atoms with Crippen molar-refractivity contribution in [3.8, 4) is 0 Å². The Labute approximate surface area is 87.1 Å². The lowest BCUT2D eigenvalue weighted by Crippen LogP contribution is -2.33. The predicted octanol–water partition coefficient (Wildman–Crippen LogP) is 1.12. The van der Waals surface area contributed by atoms with Crippen LogP contribution in [0.2, 0.25) is 0 Å². The highest BCUT2D eigenvalue weighted by atomic mass is 16.5. The van der Waals surface area contributed by atoms with Gasteiger partial charge in [0.05, 0.1) is 12.7 Å². The number of hydrogen-bond acceptors (Lipinski definition) is 3. The van der Waals surface area contributed by atoms with Crippen LogP contribution in [0.15, 0.2) is 0 Å². The van der Waals surface area contributed by atoms with Crippen LogP contribution in [0.25, 0.3) is 0 Å². The lowest BCUT2D eigenvalue weighted by Gasteiger charge is -2.19. The smallest absolute Gasteiger partial charge is 0.0900 e. The van der Waals surface area contributed by atoms with Crippen LogP contribution in [-0.4, -0.2) is 49.0 Å². The number of likely N-dealkylation sites (tertiary alicyclic amines) is 1. The molecular formula is C11H23NO2. The Hall–Kier alpha value is -0.120. The third kappa shape index (κ3) is 4.94. The summed E-state index contributed by atoms with van der Waals surface area (Å²) in [5.41, 5.74) is 0. The lowest BCUT2D eigenvalue weighted by molar-refractivity contribution is 0.0115. The molecule has 0 amide bonds. The minimum absolute atomic E-state index is 0.313. The molecule has 0 aromatic heterocycles. The molecular weight excluding hydrogens is 178 g/mol. The quantitative estimate of drug-likeness (QED) is 0.699. The van der Waals surface area contributed by atoms with E-state index in [9.17, 15) is 5.11 Å². The average Bonchev–Trinajstić information content (AvgIpc) is 2.56. The average molecular weight is 201 g/mol. The number of hydrogen-bond donors (Lipinski definition) is 1. The van der Waals surface area contributed by atoms with E-state index < -0.39 is 0 Å². The number of rotatable bonds is 6. The maximum atomic E-state index is 9.66. The molecule has 14 heavy (non-hydrogen) atoms. The zero-order valence-electron chi connectivity index (χ0n) is 9.41. The van der Waals surface area contributed by atoms with Gasteiger partial charge in [-0.15, -0.1) is 0 Å². The highest BCUT2D eigenvalue weighted by Gasteiger charge is 2.15. The fraction of sp³-hybridized carbons (Fsp3) is 1.00. The van der Waals surface area contributed by atoms with Crippen LogP contribution < -0.4 is 0 Å². The Kier molecular flexibility index (Phi) is 5.45. The maximum absolute atomic E-state index is 9.66. The third-order valence-electron chi connectivity index (χ3n) is 2.43. The highest BCUT2D eigenvalue weighted by Crippen LogP contribution is 2.07. The SMILES string of the molecule is CC(C)COC[C@@H](O)CN1CCCC1. The van der Waals surface area contributed by atoms with Crippen LogP contribution in [-0.2, 0) is 4.74 Å². The molecule has 1 atom stereocenters. The van der Waals surface area contributed by atoms with Gasteiger partial charge in [0.25, 0.3) is 0 Å². The van der Waals surface area contributed by atoms with Crippen molar-refractivity contribution in [3.05, 3.63) is 0 Å². The van der Waals surface area contributed by atoms with E-state index >= 15 is 0 Å². The predicted molar refractivity (Wildman–Crippen MR) is 57.3 cm³/mol. The molecule has 84 valence electrons. The summed E-state index contributed by atoms with van der Waals surface area (Å²) in [6.07, 6.45) is 2.24. The Balaban J connectivity index is 2.00. The fourth-order valence-electron chi connectivity index (χ4n) is 1.76. The maximum Gasteiger partial charge on any atom is 0.0900 e. The van der Waals surface area contributed by atoms with E-state index in [1.165, 1.54) is 12.8 Å². The molecule has 0 saturated carbocycles. The number of β-amino-alcohol motifs (C(OH)–C–C–N with tert-alkyl or cyclic N) is 1. The van der Waals surface area contributed by atoms with Gasteiger partial charge in [-0.1, -0.05) is 13.8 Å². The highest BCUT2D eigenvalue weighted by molar-refractivity contribution is 4.69. The molecule has 0 bridgehead atoms. The minimum atomic E-state index is -0.313. The topological polar surface area (TPSA) is 32.7 Å². The summed E-state index contributed by atoms with van der Waals surface area (Å²) in [4.78, 5) is 2.31. The summed E-state index contributed by atoms with van der Waals surface area (Å²) < 4.78 is 5.39. The number of ether oxygens (including phenoxy) is 1. The molecule has 0 aliphatic carbocycles. The third-order valence-corrected chi connectivity index (χ3v) is 2.43. The van der Waals surface area contributed by atoms with Crippen molar-refractivity contribution in [1.82, 2.24) is 4.90 Å². The number of aliphatic hydroxyl groups is 1. The number of aliphatic hydroxyl groups excluding tert-OH is 1. The summed E-state index contributed by atoms with van der Waals surface area (Å²) in [6.45, 7) is 8.52. The van der Waals surface area contributed by atoms with Crippen molar-refractivity contribution in [2.45, 2.75) is 32.8 Å². The zero-order chi connectivity index (χ0) is 10.4. The van der Waals surface area contributed by atoms with Gasteiger partial charge in [-0.05, 0) is 31.8 Å². The second-order valence-corrected chi connectivity index (χ2v) is 4.59. The summed E-state index contributed by atoms with van der Waals surface area (Å²) in [7, 11) is 0. The van der Waals surface area contributed by atoms with Gasteiger partial charge >= 0.3 is 0 Å². The first-order chi connectivity index (χ1) is 6.68. The first-order valence-electron chi connectivity index (χ1n) is 5.66. The second kappa shape index (κ2) is 6.38. The van der Waals surface area contributed by atoms with Gasteiger partial charge in [-0.2, -0.15) is 0 Å². The first kappa shape index (κ1) is 12.0.